The summed E-state index contributed by atoms with van der Waals surface area (Å²) in [5.74, 6) is -1.15. The van der Waals surface area contributed by atoms with Crippen molar-refractivity contribution in [2.24, 2.45) is 7.05 Å². The molecule has 0 spiro atoms. The largest absolute Gasteiger partial charge is 0.385 e. The Morgan fingerprint density at radius 2 is 1.82 bits per heavy atom. The quantitative estimate of drug-likeness (QED) is 0.751. The Bertz CT molecular complexity index is 1010. The minimum atomic E-state index is -1.19. The predicted octanol–water partition coefficient (Wildman–Crippen LogP) is 2.95. The molecule has 1 fully saturated rings. The van der Waals surface area contributed by atoms with Gasteiger partial charge in [0.25, 0.3) is 0 Å². The van der Waals surface area contributed by atoms with E-state index in [1.165, 1.54) is 6.07 Å². The van der Waals surface area contributed by atoms with Crippen molar-refractivity contribution in [1.82, 2.24) is 19.7 Å². The zero-order chi connectivity index (χ0) is 19.9. The van der Waals surface area contributed by atoms with Crippen LogP contribution in [0.4, 0.5) is 14.6 Å². The SMILES string of the molecule is Cc1cc(-c2cncc(N3CCC(O)(c4ccc(F)c(F)c4)CC3)n2)n(C)n1. The van der Waals surface area contributed by atoms with Crippen LogP contribution in [0.2, 0.25) is 0 Å². The Labute approximate surface area is 161 Å². The molecule has 146 valence electrons. The molecule has 1 saturated heterocycles. The molecule has 0 unspecified atom stereocenters. The van der Waals surface area contributed by atoms with Crippen molar-refractivity contribution < 1.29 is 13.9 Å². The fraction of sp³-hybridized carbons (Fsp3) is 0.350. The molecule has 0 amide bonds. The van der Waals surface area contributed by atoms with Gasteiger partial charge in [-0.2, -0.15) is 5.10 Å². The molecule has 8 heteroatoms. The van der Waals surface area contributed by atoms with Crippen LogP contribution in [0.3, 0.4) is 0 Å². The lowest BCUT2D eigenvalue weighted by molar-refractivity contribution is 0.0113. The van der Waals surface area contributed by atoms with Gasteiger partial charge in [-0.15, -0.1) is 0 Å². The summed E-state index contributed by atoms with van der Waals surface area (Å²) in [6.07, 6.45) is 4.15. The van der Waals surface area contributed by atoms with E-state index in [0.717, 1.165) is 29.2 Å². The second-order valence-corrected chi connectivity index (χ2v) is 7.20. The lowest BCUT2D eigenvalue weighted by atomic mass is 9.84. The Kier molecular flexibility index (Phi) is 4.58. The van der Waals surface area contributed by atoms with Gasteiger partial charge in [0.15, 0.2) is 11.6 Å². The predicted molar refractivity (Wildman–Crippen MR) is 101 cm³/mol. The highest BCUT2D eigenvalue weighted by Crippen LogP contribution is 2.35. The molecular formula is C20H21F2N5O. The van der Waals surface area contributed by atoms with Crippen LogP contribution in [0, 0.1) is 18.6 Å². The van der Waals surface area contributed by atoms with Gasteiger partial charge in [0.2, 0.25) is 0 Å². The van der Waals surface area contributed by atoms with E-state index in [1.807, 2.05) is 24.9 Å². The number of aliphatic hydroxyl groups is 1. The van der Waals surface area contributed by atoms with Crippen molar-refractivity contribution in [1.29, 1.82) is 0 Å². The number of aromatic nitrogens is 4. The van der Waals surface area contributed by atoms with Crippen molar-refractivity contribution in [3.63, 3.8) is 0 Å². The number of rotatable bonds is 3. The number of benzene rings is 1. The highest BCUT2D eigenvalue weighted by molar-refractivity contribution is 5.57. The molecule has 3 heterocycles. The van der Waals surface area contributed by atoms with Gasteiger partial charge < -0.3 is 10.0 Å². The number of halogens is 2. The Morgan fingerprint density at radius 3 is 2.46 bits per heavy atom. The van der Waals surface area contributed by atoms with Gasteiger partial charge in [-0.05, 0) is 43.5 Å². The molecular weight excluding hydrogens is 364 g/mol. The number of hydrogen-bond donors (Lipinski definition) is 1. The molecule has 0 atom stereocenters. The number of anilines is 1. The van der Waals surface area contributed by atoms with Crippen LogP contribution in [0.1, 0.15) is 24.1 Å². The van der Waals surface area contributed by atoms with Gasteiger partial charge in [-0.1, -0.05) is 6.07 Å². The van der Waals surface area contributed by atoms with E-state index >= 15 is 0 Å². The van der Waals surface area contributed by atoms with E-state index in [0.29, 0.717) is 37.3 Å². The van der Waals surface area contributed by atoms with Crippen LogP contribution in [0.15, 0.2) is 36.7 Å². The molecule has 3 aromatic rings. The van der Waals surface area contributed by atoms with Gasteiger partial charge in [0.1, 0.15) is 11.5 Å². The lowest BCUT2D eigenvalue weighted by Gasteiger charge is -2.39. The molecule has 1 aliphatic rings. The van der Waals surface area contributed by atoms with Crippen molar-refractivity contribution in [2.45, 2.75) is 25.4 Å². The Balaban J connectivity index is 1.53. The van der Waals surface area contributed by atoms with Crippen molar-refractivity contribution in [3.8, 4) is 11.4 Å². The summed E-state index contributed by atoms with van der Waals surface area (Å²) in [7, 11) is 1.86. The number of nitrogens with zero attached hydrogens (tertiary/aromatic N) is 5. The van der Waals surface area contributed by atoms with Crippen LogP contribution in [-0.2, 0) is 12.6 Å². The maximum Gasteiger partial charge on any atom is 0.159 e. The van der Waals surface area contributed by atoms with E-state index in [-0.39, 0.29) is 0 Å². The Morgan fingerprint density at radius 1 is 1.07 bits per heavy atom. The summed E-state index contributed by atoms with van der Waals surface area (Å²) in [6, 6.07) is 5.53. The monoisotopic (exact) mass is 385 g/mol. The van der Waals surface area contributed by atoms with Crippen molar-refractivity contribution >= 4 is 5.82 Å². The fourth-order valence-electron chi connectivity index (χ4n) is 3.66. The minimum Gasteiger partial charge on any atom is -0.385 e. The molecule has 1 N–H and O–H groups in total. The third-order valence-corrected chi connectivity index (χ3v) is 5.26. The summed E-state index contributed by atoms with van der Waals surface area (Å²) in [5.41, 5.74) is 1.72. The molecule has 0 bridgehead atoms. The second kappa shape index (κ2) is 6.94. The van der Waals surface area contributed by atoms with E-state index in [1.54, 1.807) is 17.1 Å². The summed E-state index contributed by atoms with van der Waals surface area (Å²) < 4.78 is 28.5. The zero-order valence-electron chi connectivity index (χ0n) is 15.7. The number of piperidine rings is 1. The maximum atomic E-state index is 13.6. The van der Waals surface area contributed by atoms with Crippen LogP contribution in [0.5, 0.6) is 0 Å². The van der Waals surface area contributed by atoms with Gasteiger partial charge >= 0.3 is 0 Å². The topological polar surface area (TPSA) is 67.1 Å². The maximum absolute atomic E-state index is 13.6. The molecule has 1 aromatic carbocycles. The fourth-order valence-corrected chi connectivity index (χ4v) is 3.66. The third kappa shape index (κ3) is 3.35. The van der Waals surface area contributed by atoms with E-state index in [4.69, 9.17) is 4.98 Å². The Hall–Kier alpha value is -2.87. The average molecular weight is 385 g/mol. The average Bonchev–Trinajstić information content (AvgIpc) is 3.03. The van der Waals surface area contributed by atoms with Crippen molar-refractivity contribution in [3.05, 3.63) is 59.6 Å². The standard InChI is InChI=1S/C20H21F2N5O/c1-13-9-18(26(2)25-13)17-11-23-12-19(24-17)27-7-5-20(28,6-8-27)14-3-4-15(21)16(22)10-14/h3-4,9-12,28H,5-8H2,1-2H3. The van der Waals surface area contributed by atoms with Crippen molar-refractivity contribution in [2.75, 3.05) is 18.0 Å². The van der Waals surface area contributed by atoms with Crippen LogP contribution in [0.25, 0.3) is 11.4 Å². The smallest absolute Gasteiger partial charge is 0.159 e. The molecule has 1 aliphatic heterocycles. The molecule has 2 aromatic heterocycles. The highest BCUT2D eigenvalue weighted by atomic mass is 19.2. The van der Waals surface area contributed by atoms with Crippen LogP contribution in [-0.4, -0.2) is 37.9 Å². The molecule has 0 saturated carbocycles. The molecule has 6 nitrogen and oxygen atoms in total. The van der Waals surface area contributed by atoms with E-state index in [2.05, 4.69) is 10.1 Å². The zero-order valence-corrected chi connectivity index (χ0v) is 15.7. The van der Waals surface area contributed by atoms with Gasteiger partial charge in [0.05, 0.1) is 29.4 Å². The summed E-state index contributed by atoms with van der Waals surface area (Å²) >= 11 is 0. The van der Waals surface area contributed by atoms with E-state index in [9.17, 15) is 13.9 Å². The summed E-state index contributed by atoms with van der Waals surface area (Å²) in [5, 5.41) is 15.3. The normalized spacial score (nSPS) is 16.4. The first kappa shape index (κ1) is 18.5. The third-order valence-electron chi connectivity index (χ3n) is 5.26. The molecule has 0 radical (unpaired) electrons. The highest BCUT2D eigenvalue weighted by Gasteiger charge is 2.35. The lowest BCUT2D eigenvalue weighted by Crippen LogP contribution is -2.43. The summed E-state index contributed by atoms with van der Waals surface area (Å²) in [6.45, 7) is 2.97. The summed E-state index contributed by atoms with van der Waals surface area (Å²) in [4.78, 5) is 11.0. The first-order valence-electron chi connectivity index (χ1n) is 9.12. The first-order chi connectivity index (χ1) is 13.4. The van der Waals surface area contributed by atoms with Gasteiger partial charge in [-0.3, -0.25) is 9.67 Å². The van der Waals surface area contributed by atoms with E-state index < -0.39 is 17.2 Å². The molecule has 4 rings (SSSR count). The number of hydrogen-bond acceptors (Lipinski definition) is 5. The van der Waals surface area contributed by atoms with Crippen LogP contribution < -0.4 is 4.90 Å². The first-order valence-corrected chi connectivity index (χ1v) is 9.12. The second-order valence-electron chi connectivity index (χ2n) is 7.20. The number of aryl methyl sites for hydroxylation is 2. The minimum absolute atomic E-state index is 0.384. The molecule has 0 aliphatic carbocycles. The van der Waals surface area contributed by atoms with Gasteiger partial charge in [-0.25, -0.2) is 13.8 Å². The molecule has 28 heavy (non-hydrogen) atoms. The van der Waals surface area contributed by atoms with Crippen LogP contribution >= 0.6 is 0 Å². The van der Waals surface area contributed by atoms with Gasteiger partial charge in [0, 0.05) is 20.1 Å².